The van der Waals surface area contributed by atoms with Crippen molar-refractivity contribution < 1.29 is 0 Å². The first-order chi connectivity index (χ1) is 9.33. The molecule has 0 radical (unpaired) electrons. The Hall–Kier alpha value is -1.53. The maximum absolute atomic E-state index is 7.27. The average Bonchev–Trinajstić information content (AvgIpc) is 2.47. The SMILES string of the molecule is [C-]#[N+]N(CCC)C1CCN(Cc2ccccc2)CC1. The van der Waals surface area contributed by atoms with Gasteiger partial charge in [-0.05, 0) is 24.8 Å². The van der Waals surface area contributed by atoms with Crippen molar-refractivity contribution in [3.05, 3.63) is 47.4 Å². The van der Waals surface area contributed by atoms with Gasteiger partial charge < -0.3 is 0 Å². The minimum Gasteiger partial charge on any atom is -0.299 e. The lowest BCUT2D eigenvalue weighted by atomic mass is 10.0. The summed E-state index contributed by atoms with van der Waals surface area (Å²) in [5.41, 5.74) is 1.39. The summed E-state index contributed by atoms with van der Waals surface area (Å²) < 4.78 is 0. The molecular weight excluding hydrogens is 234 g/mol. The molecule has 0 saturated carbocycles. The summed E-state index contributed by atoms with van der Waals surface area (Å²) in [5.74, 6) is 0. The second-order valence-corrected chi connectivity index (χ2v) is 5.26. The smallest absolute Gasteiger partial charge is 0.0992 e. The van der Waals surface area contributed by atoms with Crippen LogP contribution in [0.15, 0.2) is 30.3 Å². The summed E-state index contributed by atoms with van der Waals surface area (Å²) in [4.78, 5) is 6.18. The first-order valence-electron chi connectivity index (χ1n) is 7.23. The van der Waals surface area contributed by atoms with Crippen molar-refractivity contribution >= 4 is 0 Å². The number of hydrogen-bond acceptors (Lipinski definition) is 2. The second-order valence-electron chi connectivity index (χ2n) is 5.26. The Bertz CT molecular complexity index is 402. The molecule has 0 atom stereocenters. The monoisotopic (exact) mass is 257 g/mol. The van der Waals surface area contributed by atoms with Gasteiger partial charge in [0.25, 0.3) is 0 Å². The Morgan fingerprint density at radius 2 is 1.95 bits per heavy atom. The standard InChI is InChI=1S/C16H23N3/c1-3-11-19(17-2)16-9-12-18(13-10-16)14-15-7-5-4-6-8-15/h4-8,16H,3,9-14H2,1H3. The molecule has 102 valence electrons. The van der Waals surface area contributed by atoms with E-state index in [1.165, 1.54) is 5.56 Å². The van der Waals surface area contributed by atoms with Crippen LogP contribution < -0.4 is 0 Å². The largest absolute Gasteiger partial charge is 0.299 e. The van der Waals surface area contributed by atoms with Gasteiger partial charge in [-0.3, -0.25) is 4.90 Å². The lowest BCUT2D eigenvalue weighted by Gasteiger charge is -2.33. The van der Waals surface area contributed by atoms with Gasteiger partial charge in [0.2, 0.25) is 0 Å². The highest BCUT2D eigenvalue weighted by atomic mass is 15.4. The Morgan fingerprint density at radius 3 is 2.53 bits per heavy atom. The quantitative estimate of drug-likeness (QED) is 0.592. The Balaban J connectivity index is 1.81. The molecule has 3 heteroatoms. The van der Waals surface area contributed by atoms with E-state index >= 15 is 0 Å². The number of piperidine rings is 1. The van der Waals surface area contributed by atoms with Gasteiger partial charge >= 0.3 is 0 Å². The molecule has 19 heavy (non-hydrogen) atoms. The van der Waals surface area contributed by atoms with Crippen molar-refractivity contribution in [2.24, 2.45) is 0 Å². The summed E-state index contributed by atoms with van der Waals surface area (Å²) in [7, 11) is 0. The third-order valence-electron chi connectivity index (χ3n) is 3.81. The number of rotatable bonds is 5. The van der Waals surface area contributed by atoms with Gasteiger partial charge in [-0.1, -0.05) is 37.3 Å². The molecule has 0 aliphatic carbocycles. The van der Waals surface area contributed by atoms with E-state index < -0.39 is 0 Å². The van der Waals surface area contributed by atoms with Gasteiger partial charge in [-0.25, -0.2) is 0 Å². The third-order valence-corrected chi connectivity index (χ3v) is 3.81. The fraction of sp³-hybridized carbons (Fsp3) is 0.562. The van der Waals surface area contributed by atoms with Crippen LogP contribution in [0.4, 0.5) is 0 Å². The van der Waals surface area contributed by atoms with Crippen molar-refractivity contribution in [3.8, 4) is 0 Å². The molecule has 0 N–H and O–H groups in total. The summed E-state index contributed by atoms with van der Waals surface area (Å²) in [6, 6.07) is 11.1. The molecule has 1 fully saturated rings. The molecule has 1 aromatic carbocycles. The maximum Gasteiger partial charge on any atom is 0.0992 e. The highest BCUT2D eigenvalue weighted by Crippen LogP contribution is 2.19. The van der Waals surface area contributed by atoms with E-state index in [1.54, 1.807) is 0 Å². The fourth-order valence-corrected chi connectivity index (χ4v) is 2.76. The lowest BCUT2D eigenvalue weighted by molar-refractivity contribution is 0.134. The van der Waals surface area contributed by atoms with Gasteiger partial charge in [-0.2, -0.15) is 11.5 Å². The van der Waals surface area contributed by atoms with Gasteiger partial charge in [0, 0.05) is 19.6 Å². The first-order valence-corrected chi connectivity index (χ1v) is 7.23. The summed E-state index contributed by atoms with van der Waals surface area (Å²) in [6.07, 6.45) is 3.30. The molecular formula is C16H23N3. The van der Waals surface area contributed by atoms with E-state index in [2.05, 4.69) is 47.1 Å². The molecule has 1 aliphatic heterocycles. The molecule has 0 unspecified atom stereocenters. The topological polar surface area (TPSA) is 10.8 Å². The zero-order chi connectivity index (χ0) is 13.5. The van der Waals surface area contributed by atoms with Crippen molar-refractivity contribution in [2.45, 2.75) is 38.8 Å². The predicted octanol–water partition coefficient (Wildman–Crippen LogP) is 3.20. The molecule has 0 bridgehead atoms. The van der Waals surface area contributed by atoms with E-state index in [0.717, 1.165) is 45.4 Å². The first kappa shape index (κ1) is 13.9. The normalized spacial score (nSPS) is 17.1. The van der Waals surface area contributed by atoms with Crippen LogP contribution in [-0.4, -0.2) is 35.6 Å². The third kappa shape index (κ3) is 3.97. The Morgan fingerprint density at radius 1 is 1.26 bits per heavy atom. The predicted molar refractivity (Wildman–Crippen MR) is 78.3 cm³/mol. The molecule has 1 aromatic rings. The van der Waals surface area contributed by atoms with E-state index in [-0.39, 0.29) is 0 Å². The highest BCUT2D eigenvalue weighted by Gasteiger charge is 2.26. The molecule has 0 amide bonds. The number of nitrogens with zero attached hydrogens (tertiary/aromatic N) is 3. The Kier molecular flexibility index (Phi) is 5.23. The summed E-state index contributed by atoms with van der Waals surface area (Å²) >= 11 is 0. The van der Waals surface area contributed by atoms with Crippen LogP contribution >= 0.6 is 0 Å². The van der Waals surface area contributed by atoms with Crippen molar-refractivity contribution in [2.75, 3.05) is 19.6 Å². The Labute approximate surface area is 116 Å². The molecule has 1 heterocycles. The average molecular weight is 257 g/mol. The van der Waals surface area contributed by atoms with Crippen molar-refractivity contribution in [1.82, 2.24) is 9.91 Å². The van der Waals surface area contributed by atoms with Crippen molar-refractivity contribution in [1.29, 1.82) is 0 Å². The number of hydrogen-bond donors (Lipinski definition) is 0. The maximum atomic E-state index is 7.27. The second kappa shape index (κ2) is 7.16. The minimum absolute atomic E-state index is 0.462. The summed E-state index contributed by atoms with van der Waals surface area (Å²) in [6.45, 7) is 13.6. The molecule has 1 saturated heterocycles. The van der Waals surface area contributed by atoms with Crippen LogP contribution in [0.2, 0.25) is 0 Å². The van der Waals surface area contributed by atoms with Crippen LogP contribution in [-0.2, 0) is 6.54 Å². The zero-order valence-corrected chi connectivity index (χ0v) is 11.8. The lowest BCUT2D eigenvalue weighted by Crippen LogP contribution is -2.42. The van der Waals surface area contributed by atoms with Crippen LogP contribution in [0.5, 0.6) is 0 Å². The van der Waals surface area contributed by atoms with E-state index in [9.17, 15) is 0 Å². The molecule has 1 aliphatic rings. The summed E-state index contributed by atoms with van der Waals surface area (Å²) in [5, 5.41) is 1.96. The van der Waals surface area contributed by atoms with E-state index in [1.807, 2.05) is 5.01 Å². The highest BCUT2D eigenvalue weighted by molar-refractivity contribution is 5.14. The van der Waals surface area contributed by atoms with E-state index in [4.69, 9.17) is 6.57 Å². The van der Waals surface area contributed by atoms with Crippen LogP contribution in [0.25, 0.3) is 4.95 Å². The molecule has 0 aromatic heterocycles. The van der Waals surface area contributed by atoms with E-state index in [0.29, 0.717) is 6.04 Å². The molecule has 2 rings (SSSR count). The molecule has 3 nitrogen and oxygen atoms in total. The van der Waals surface area contributed by atoms with Gasteiger partial charge in [0.1, 0.15) is 0 Å². The van der Waals surface area contributed by atoms with Crippen LogP contribution in [0.1, 0.15) is 31.7 Å². The zero-order valence-electron chi connectivity index (χ0n) is 11.8. The fourth-order valence-electron chi connectivity index (χ4n) is 2.76. The molecule has 0 spiro atoms. The van der Waals surface area contributed by atoms with Crippen LogP contribution in [0, 0.1) is 6.57 Å². The van der Waals surface area contributed by atoms with Gasteiger partial charge in [0.15, 0.2) is 0 Å². The number of likely N-dealkylation sites (tertiary alicyclic amines) is 1. The number of benzene rings is 1. The van der Waals surface area contributed by atoms with Gasteiger partial charge in [-0.15, -0.1) is 5.01 Å². The van der Waals surface area contributed by atoms with Gasteiger partial charge in [0.05, 0.1) is 12.6 Å². The minimum atomic E-state index is 0.462. The van der Waals surface area contributed by atoms with Crippen molar-refractivity contribution in [3.63, 3.8) is 0 Å². The van der Waals surface area contributed by atoms with Crippen LogP contribution in [0.3, 0.4) is 0 Å².